The molecule has 1 saturated heterocycles. The van der Waals surface area contributed by atoms with Crippen LogP contribution in [-0.2, 0) is 14.8 Å². The summed E-state index contributed by atoms with van der Waals surface area (Å²) >= 11 is 1.39. The van der Waals surface area contributed by atoms with E-state index in [2.05, 4.69) is 9.71 Å². The fourth-order valence-corrected chi connectivity index (χ4v) is 4.31. The SMILES string of the molecule is O=C(CCNS(=O)(=O)c1ccccc1F)N1CCC(Oc2nccs2)C1. The van der Waals surface area contributed by atoms with Crippen LogP contribution in [0.5, 0.6) is 5.19 Å². The number of amides is 1. The first kappa shape index (κ1) is 18.7. The monoisotopic (exact) mass is 399 g/mol. The molecule has 1 unspecified atom stereocenters. The van der Waals surface area contributed by atoms with Crippen molar-refractivity contribution in [1.82, 2.24) is 14.6 Å². The molecule has 0 aliphatic carbocycles. The van der Waals surface area contributed by atoms with Crippen molar-refractivity contribution in [2.24, 2.45) is 0 Å². The summed E-state index contributed by atoms with van der Waals surface area (Å²) < 4.78 is 45.7. The highest BCUT2D eigenvalue weighted by molar-refractivity contribution is 7.89. The Balaban J connectivity index is 1.46. The number of carbonyl (C=O) groups excluding carboxylic acids is 1. The number of benzene rings is 1. The number of ether oxygens (including phenoxy) is 1. The molecule has 1 N–H and O–H groups in total. The summed E-state index contributed by atoms with van der Waals surface area (Å²) in [5, 5.41) is 2.39. The summed E-state index contributed by atoms with van der Waals surface area (Å²) in [5.41, 5.74) is 0. The van der Waals surface area contributed by atoms with Crippen molar-refractivity contribution in [1.29, 1.82) is 0 Å². The van der Waals surface area contributed by atoms with E-state index in [0.717, 1.165) is 6.07 Å². The Hall–Kier alpha value is -2.04. The zero-order chi connectivity index (χ0) is 18.6. The fourth-order valence-electron chi connectivity index (χ4n) is 2.65. The van der Waals surface area contributed by atoms with E-state index in [9.17, 15) is 17.6 Å². The van der Waals surface area contributed by atoms with Crippen LogP contribution < -0.4 is 9.46 Å². The van der Waals surface area contributed by atoms with Gasteiger partial charge in [0.2, 0.25) is 15.9 Å². The third-order valence-electron chi connectivity index (χ3n) is 3.93. The van der Waals surface area contributed by atoms with Gasteiger partial charge in [0, 0.05) is 37.5 Å². The molecule has 2 heterocycles. The van der Waals surface area contributed by atoms with Crippen LogP contribution in [0, 0.1) is 5.82 Å². The number of likely N-dealkylation sites (tertiary alicyclic amines) is 1. The Morgan fingerprint density at radius 1 is 1.42 bits per heavy atom. The minimum absolute atomic E-state index is 0.00233. The zero-order valence-corrected chi connectivity index (χ0v) is 15.4. The fraction of sp³-hybridized carbons (Fsp3) is 0.375. The van der Waals surface area contributed by atoms with E-state index in [4.69, 9.17) is 4.74 Å². The first-order chi connectivity index (χ1) is 12.5. The van der Waals surface area contributed by atoms with Gasteiger partial charge in [0.25, 0.3) is 5.19 Å². The van der Waals surface area contributed by atoms with Gasteiger partial charge < -0.3 is 9.64 Å². The van der Waals surface area contributed by atoms with Gasteiger partial charge in [0.1, 0.15) is 16.8 Å². The van der Waals surface area contributed by atoms with E-state index < -0.39 is 20.7 Å². The predicted molar refractivity (Wildman–Crippen MR) is 93.9 cm³/mol. The van der Waals surface area contributed by atoms with Gasteiger partial charge in [-0.1, -0.05) is 23.5 Å². The second kappa shape index (κ2) is 8.11. The second-order valence-electron chi connectivity index (χ2n) is 5.74. The van der Waals surface area contributed by atoms with Crippen LogP contribution in [0.15, 0.2) is 40.7 Å². The minimum Gasteiger partial charge on any atom is -0.465 e. The smallest absolute Gasteiger partial charge is 0.273 e. The van der Waals surface area contributed by atoms with Crippen molar-refractivity contribution in [2.45, 2.75) is 23.8 Å². The lowest BCUT2D eigenvalue weighted by Gasteiger charge is -2.16. The van der Waals surface area contributed by atoms with Crippen molar-refractivity contribution in [3.8, 4) is 5.19 Å². The normalized spacial score (nSPS) is 17.4. The summed E-state index contributed by atoms with van der Waals surface area (Å²) in [6, 6.07) is 5.11. The van der Waals surface area contributed by atoms with Crippen molar-refractivity contribution < 1.29 is 22.3 Å². The first-order valence-corrected chi connectivity index (χ1v) is 10.4. The number of nitrogens with zero attached hydrogens (tertiary/aromatic N) is 2. The topological polar surface area (TPSA) is 88.6 Å². The highest BCUT2D eigenvalue weighted by Crippen LogP contribution is 2.20. The van der Waals surface area contributed by atoms with Crippen LogP contribution in [0.3, 0.4) is 0 Å². The Bertz CT molecular complexity index is 858. The number of sulfonamides is 1. The molecule has 0 spiro atoms. The molecule has 1 aliphatic rings. The number of aromatic nitrogens is 1. The number of halogens is 1. The van der Waals surface area contributed by atoms with Gasteiger partial charge >= 0.3 is 0 Å². The summed E-state index contributed by atoms with van der Waals surface area (Å²) in [6.45, 7) is 0.900. The third-order valence-corrected chi connectivity index (χ3v) is 6.09. The van der Waals surface area contributed by atoms with E-state index in [1.54, 1.807) is 11.1 Å². The average molecular weight is 399 g/mol. The molecular formula is C16H18FN3O4S2. The van der Waals surface area contributed by atoms with Crippen LogP contribution >= 0.6 is 11.3 Å². The molecule has 1 amide bonds. The van der Waals surface area contributed by atoms with Gasteiger partial charge in [-0.3, -0.25) is 4.79 Å². The van der Waals surface area contributed by atoms with E-state index in [1.165, 1.54) is 29.5 Å². The lowest BCUT2D eigenvalue weighted by molar-refractivity contribution is -0.130. The number of nitrogens with one attached hydrogen (secondary N) is 1. The van der Waals surface area contributed by atoms with Crippen LogP contribution in [-0.4, -0.2) is 49.9 Å². The van der Waals surface area contributed by atoms with Crippen LogP contribution in [0.1, 0.15) is 12.8 Å². The lowest BCUT2D eigenvalue weighted by Crippen LogP contribution is -2.34. The Labute approximate surface area is 154 Å². The molecule has 10 heteroatoms. The molecule has 1 atom stereocenters. The van der Waals surface area contributed by atoms with Crippen molar-refractivity contribution >= 4 is 27.3 Å². The number of carbonyl (C=O) groups is 1. The largest absolute Gasteiger partial charge is 0.465 e. The Kier molecular flexibility index (Phi) is 5.84. The molecule has 26 heavy (non-hydrogen) atoms. The van der Waals surface area contributed by atoms with Crippen LogP contribution in [0.2, 0.25) is 0 Å². The maximum Gasteiger partial charge on any atom is 0.273 e. The highest BCUT2D eigenvalue weighted by Gasteiger charge is 2.28. The van der Waals surface area contributed by atoms with E-state index in [1.807, 2.05) is 5.38 Å². The summed E-state index contributed by atoms with van der Waals surface area (Å²) in [4.78, 5) is 17.5. The molecule has 7 nitrogen and oxygen atoms in total. The second-order valence-corrected chi connectivity index (χ2v) is 8.34. The molecule has 1 aromatic heterocycles. The van der Waals surface area contributed by atoms with E-state index in [-0.39, 0.29) is 25.0 Å². The van der Waals surface area contributed by atoms with Gasteiger partial charge in [0.05, 0.1) is 6.54 Å². The molecule has 1 aromatic carbocycles. The van der Waals surface area contributed by atoms with Crippen molar-refractivity contribution in [3.63, 3.8) is 0 Å². The van der Waals surface area contributed by atoms with Crippen LogP contribution in [0.4, 0.5) is 4.39 Å². The highest BCUT2D eigenvalue weighted by atomic mass is 32.2. The van der Waals surface area contributed by atoms with Crippen molar-refractivity contribution in [2.75, 3.05) is 19.6 Å². The van der Waals surface area contributed by atoms with E-state index in [0.29, 0.717) is 24.7 Å². The molecule has 0 bridgehead atoms. The van der Waals surface area contributed by atoms with Gasteiger partial charge in [-0.15, -0.1) is 0 Å². The molecule has 1 aliphatic heterocycles. The van der Waals surface area contributed by atoms with Crippen molar-refractivity contribution in [3.05, 3.63) is 41.7 Å². The quantitative estimate of drug-likeness (QED) is 0.765. The van der Waals surface area contributed by atoms with Gasteiger partial charge in [-0.05, 0) is 12.1 Å². The Morgan fingerprint density at radius 3 is 2.96 bits per heavy atom. The lowest BCUT2D eigenvalue weighted by atomic mass is 10.3. The number of thiazole rings is 1. The molecular weight excluding hydrogens is 381 g/mol. The summed E-state index contributed by atoms with van der Waals surface area (Å²) in [7, 11) is -3.98. The number of hydrogen-bond acceptors (Lipinski definition) is 6. The Morgan fingerprint density at radius 2 is 2.23 bits per heavy atom. The number of hydrogen-bond donors (Lipinski definition) is 1. The van der Waals surface area contributed by atoms with Gasteiger partial charge in [-0.2, -0.15) is 0 Å². The van der Waals surface area contributed by atoms with Gasteiger partial charge in [-0.25, -0.2) is 22.5 Å². The average Bonchev–Trinajstić information content (AvgIpc) is 3.27. The van der Waals surface area contributed by atoms with E-state index >= 15 is 0 Å². The maximum absolute atomic E-state index is 13.6. The molecule has 1 fully saturated rings. The first-order valence-electron chi connectivity index (χ1n) is 8.04. The molecule has 3 rings (SSSR count). The zero-order valence-electron chi connectivity index (χ0n) is 13.8. The van der Waals surface area contributed by atoms with Gasteiger partial charge in [0.15, 0.2) is 0 Å². The molecule has 0 radical (unpaired) electrons. The summed E-state index contributed by atoms with van der Waals surface area (Å²) in [6.07, 6.45) is 2.24. The number of rotatable bonds is 7. The third kappa shape index (κ3) is 4.57. The summed E-state index contributed by atoms with van der Waals surface area (Å²) in [5.74, 6) is -1.00. The molecule has 140 valence electrons. The maximum atomic E-state index is 13.6. The molecule has 2 aromatic rings. The van der Waals surface area contributed by atoms with Crippen LogP contribution in [0.25, 0.3) is 0 Å². The molecule has 0 saturated carbocycles. The predicted octanol–water partition coefficient (Wildman–Crippen LogP) is 1.63. The standard InChI is InChI=1S/C16H18FN3O4S2/c17-13-3-1-2-4-14(13)26(22,23)19-7-5-15(21)20-9-6-12(11-20)24-16-18-8-10-25-16/h1-4,8,10,12,19H,5-7,9,11H2. The minimum atomic E-state index is -3.98.